The Hall–Kier alpha value is -2.16. The lowest BCUT2D eigenvalue weighted by Gasteiger charge is -1.95. The monoisotopic (exact) mass is 295 g/mol. The highest BCUT2D eigenvalue weighted by molar-refractivity contribution is 5.52. The van der Waals surface area contributed by atoms with E-state index >= 15 is 0 Å². The minimum atomic E-state index is 0.134. The average molecular weight is 295 g/mol. The van der Waals surface area contributed by atoms with Gasteiger partial charge in [0, 0.05) is 6.54 Å². The summed E-state index contributed by atoms with van der Waals surface area (Å²) in [5.41, 5.74) is 10.00. The second-order valence-corrected chi connectivity index (χ2v) is 5.16. The molecule has 2 aromatic rings. The van der Waals surface area contributed by atoms with Crippen LogP contribution in [-0.4, -0.2) is 18.3 Å². The third-order valence-corrected chi connectivity index (χ3v) is 3.00. The highest BCUT2D eigenvalue weighted by atomic mass is 16.3. The van der Waals surface area contributed by atoms with Gasteiger partial charge >= 0.3 is 0 Å². The van der Waals surface area contributed by atoms with Crippen LogP contribution in [0, 0.1) is 0 Å². The summed E-state index contributed by atoms with van der Waals surface area (Å²) in [6.45, 7) is 4.71. The van der Waals surface area contributed by atoms with Crippen LogP contribution in [0.15, 0.2) is 71.8 Å². The minimum absolute atomic E-state index is 0.134. The molecule has 0 atom stereocenters. The molecule has 0 saturated heterocycles. The van der Waals surface area contributed by atoms with Crippen molar-refractivity contribution in [3.05, 3.63) is 82.9 Å². The lowest BCUT2D eigenvalue weighted by molar-refractivity contribution is 0.332. The summed E-state index contributed by atoms with van der Waals surface area (Å²) < 4.78 is 0. The lowest BCUT2D eigenvalue weighted by Crippen LogP contribution is -1.98. The second kappa shape index (κ2) is 10.6. The van der Waals surface area contributed by atoms with Crippen molar-refractivity contribution in [1.29, 1.82) is 0 Å². The van der Waals surface area contributed by atoms with Gasteiger partial charge in [-0.3, -0.25) is 0 Å². The smallest absolute Gasteiger partial charge is 0.0642 e. The van der Waals surface area contributed by atoms with Gasteiger partial charge in [-0.25, -0.2) is 0 Å². The first kappa shape index (κ1) is 17.9. The zero-order valence-electron chi connectivity index (χ0n) is 13.4. The summed E-state index contributed by atoms with van der Waals surface area (Å²) >= 11 is 0. The molecule has 0 aliphatic heterocycles. The molecule has 0 saturated carbocycles. The van der Waals surface area contributed by atoms with Gasteiger partial charge in [0.25, 0.3) is 0 Å². The Morgan fingerprint density at radius 3 is 1.59 bits per heavy atom. The van der Waals surface area contributed by atoms with E-state index in [0.29, 0.717) is 6.54 Å². The van der Waals surface area contributed by atoms with Crippen LogP contribution in [0.5, 0.6) is 0 Å². The van der Waals surface area contributed by atoms with E-state index in [9.17, 15) is 0 Å². The van der Waals surface area contributed by atoms with Gasteiger partial charge in [-0.1, -0.05) is 78.4 Å². The lowest BCUT2D eigenvalue weighted by atomic mass is 10.1. The fourth-order valence-electron chi connectivity index (χ4n) is 1.77. The molecule has 0 spiro atoms. The van der Waals surface area contributed by atoms with E-state index in [4.69, 9.17) is 10.8 Å². The Balaban J connectivity index is 0.000000220. The van der Waals surface area contributed by atoms with Gasteiger partial charge < -0.3 is 10.8 Å². The standard InChI is InChI=1S/C10H13N.C10H12O/c2*1-9(8-11)7-10-5-3-2-4-6-10/h2-7H,8,11H2,1H3;2-7,11H,8H2,1H3/b2*9-7+. The van der Waals surface area contributed by atoms with Gasteiger partial charge in [-0.05, 0) is 30.5 Å². The van der Waals surface area contributed by atoms with Crippen LogP contribution in [0.25, 0.3) is 12.2 Å². The average Bonchev–Trinajstić information content (AvgIpc) is 2.57. The topological polar surface area (TPSA) is 46.2 Å². The first-order valence-electron chi connectivity index (χ1n) is 7.41. The first-order valence-corrected chi connectivity index (χ1v) is 7.41. The van der Waals surface area contributed by atoms with Gasteiger partial charge in [0.05, 0.1) is 6.61 Å². The molecule has 0 aromatic heterocycles. The zero-order chi connectivity index (χ0) is 16.2. The van der Waals surface area contributed by atoms with E-state index in [2.05, 4.69) is 18.2 Å². The van der Waals surface area contributed by atoms with Gasteiger partial charge in [-0.15, -0.1) is 0 Å². The summed E-state index contributed by atoms with van der Waals surface area (Å²) in [5.74, 6) is 0. The molecule has 22 heavy (non-hydrogen) atoms. The molecule has 2 aromatic carbocycles. The van der Waals surface area contributed by atoms with Gasteiger partial charge in [0.2, 0.25) is 0 Å². The third kappa shape index (κ3) is 7.58. The molecule has 0 aliphatic carbocycles. The Morgan fingerprint density at radius 2 is 1.23 bits per heavy atom. The number of nitrogens with two attached hydrogens (primary N) is 1. The van der Waals surface area contributed by atoms with Crippen molar-refractivity contribution in [2.45, 2.75) is 13.8 Å². The number of hydrogen-bond acceptors (Lipinski definition) is 2. The van der Waals surface area contributed by atoms with Gasteiger partial charge in [-0.2, -0.15) is 0 Å². The zero-order valence-corrected chi connectivity index (χ0v) is 13.4. The highest BCUT2D eigenvalue weighted by Gasteiger charge is 1.87. The molecule has 2 nitrogen and oxygen atoms in total. The van der Waals surface area contributed by atoms with Gasteiger partial charge in [0.1, 0.15) is 0 Å². The quantitative estimate of drug-likeness (QED) is 0.891. The molecule has 0 fully saturated rings. The molecule has 116 valence electrons. The fraction of sp³-hybridized carbons (Fsp3) is 0.200. The predicted octanol–water partition coefficient (Wildman–Crippen LogP) is 4.13. The first-order chi connectivity index (χ1) is 10.7. The molecule has 2 rings (SSSR count). The Bertz CT molecular complexity index is 530. The van der Waals surface area contributed by atoms with Crippen LogP contribution in [0.1, 0.15) is 25.0 Å². The summed E-state index contributed by atoms with van der Waals surface area (Å²) in [6.07, 6.45) is 4.07. The van der Waals surface area contributed by atoms with E-state index in [-0.39, 0.29) is 6.61 Å². The molecule has 0 heterocycles. The number of aliphatic hydroxyl groups excluding tert-OH is 1. The van der Waals surface area contributed by atoms with Crippen LogP contribution in [-0.2, 0) is 0 Å². The molecule has 0 bridgehead atoms. The van der Waals surface area contributed by atoms with E-state index < -0.39 is 0 Å². The summed E-state index contributed by atoms with van der Waals surface area (Å²) in [7, 11) is 0. The molecule has 3 N–H and O–H groups in total. The molecule has 0 aliphatic rings. The van der Waals surface area contributed by atoms with E-state index in [1.807, 2.05) is 68.5 Å². The Morgan fingerprint density at radius 1 is 0.818 bits per heavy atom. The highest BCUT2D eigenvalue weighted by Crippen LogP contribution is 2.05. The molecular formula is C20H25NO. The second-order valence-electron chi connectivity index (χ2n) is 5.16. The van der Waals surface area contributed by atoms with Crippen molar-refractivity contribution >= 4 is 12.2 Å². The van der Waals surface area contributed by atoms with E-state index in [1.165, 1.54) is 11.1 Å². The molecule has 0 amide bonds. The van der Waals surface area contributed by atoms with E-state index in [1.54, 1.807) is 0 Å². The predicted molar refractivity (Wildman–Crippen MR) is 96.3 cm³/mol. The maximum Gasteiger partial charge on any atom is 0.0642 e. The van der Waals surface area contributed by atoms with Crippen LogP contribution in [0.4, 0.5) is 0 Å². The Kier molecular flexibility index (Phi) is 8.58. The summed E-state index contributed by atoms with van der Waals surface area (Å²) in [4.78, 5) is 0. The van der Waals surface area contributed by atoms with E-state index in [0.717, 1.165) is 11.1 Å². The van der Waals surface area contributed by atoms with Crippen LogP contribution in [0.2, 0.25) is 0 Å². The van der Waals surface area contributed by atoms with Crippen LogP contribution in [0.3, 0.4) is 0 Å². The van der Waals surface area contributed by atoms with Crippen molar-refractivity contribution in [3.8, 4) is 0 Å². The van der Waals surface area contributed by atoms with Crippen molar-refractivity contribution in [1.82, 2.24) is 0 Å². The maximum atomic E-state index is 8.73. The number of hydrogen-bond donors (Lipinski definition) is 2. The molecule has 2 heteroatoms. The maximum absolute atomic E-state index is 8.73. The largest absolute Gasteiger partial charge is 0.392 e. The Labute approximate surface area is 133 Å². The normalized spacial score (nSPS) is 11.6. The SMILES string of the molecule is C/C(=C\c1ccccc1)CN.C/C(=C\c1ccccc1)CO. The number of benzene rings is 2. The van der Waals surface area contributed by atoms with Gasteiger partial charge in [0.15, 0.2) is 0 Å². The molecular weight excluding hydrogens is 270 g/mol. The summed E-state index contributed by atoms with van der Waals surface area (Å²) in [6, 6.07) is 20.2. The number of aliphatic hydroxyl groups is 1. The summed E-state index contributed by atoms with van der Waals surface area (Å²) in [5, 5.41) is 8.73. The molecule has 0 unspecified atom stereocenters. The fourth-order valence-corrected chi connectivity index (χ4v) is 1.77. The molecule has 0 radical (unpaired) electrons. The van der Waals surface area contributed by atoms with Crippen LogP contribution < -0.4 is 5.73 Å². The minimum Gasteiger partial charge on any atom is -0.392 e. The third-order valence-electron chi connectivity index (χ3n) is 3.00. The number of rotatable bonds is 4. The van der Waals surface area contributed by atoms with Crippen molar-refractivity contribution in [2.75, 3.05) is 13.2 Å². The van der Waals surface area contributed by atoms with Crippen molar-refractivity contribution in [2.24, 2.45) is 5.73 Å². The van der Waals surface area contributed by atoms with Crippen molar-refractivity contribution in [3.63, 3.8) is 0 Å². The van der Waals surface area contributed by atoms with Crippen molar-refractivity contribution < 1.29 is 5.11 Å². The van der Waals surface area contributed by atoms with Crippen LogP contribution >= 0.6 is 0 Å².